The van der Waals surface area contributed by atoms with Gasteiger partial charge in [-0.15, -0.1) is 0 Å². The second kappa shape index (κ2) is 9.09. The van der Waals surface area contributed by atoms with Gasteiger partial charge >= 0.3 is 0 Å². The lowest BCUT2D eigenvalue weighted by Crippen LogP contribution is -2.31. The van der Waals surface area contributed by atoms with Crippen LogP contribution in [0, 0.1) is 0 Å². The number of aromatic nitrogens is 2. The van der Waals surface area contributed by atoms with E-state index in [1.807, 2.05) is 61.5 Å². The lowest BCUT2D eigenvalue weighted by molar-refractivity contribution is 0.0713. The van der Waals surface area contributed by atoms with Crippen LogP contribution in [0.1, 0.15) is 54.0 Å². The van der Waals surface area contributed by atoms with Crippen molar-refractivity contribution in [3.05, 3.63) is 71.9 Å². The van der Waals surface area contributed by atoms with Crippen LogP contribution in [-0.2, 0) is 4.84 Å². The summed E-state index contributed by atoms with van der Waals surface area (Å²) in [6, 6.07) is 17.0. The summed E-state index contributed by atoms with van der Waals surface area (Å²) in [7, 11) is 1.47. The van der Waals surface area contributed by atoms with Gasteiger partial charge in [0.2, 0.25) is 5.89 Å². The van der Waals surface area contributed by atoms with E-state index < -0.39 is 12.1 Å². The second-order valence-corrected chi connectivity index (χ2v) is 7.35. The molecule has 1 fully saturated rings. The highest BCUT2D eigenvalue weighted by atomic mass is 16.6. The molecule has 0 bridgehead atoms. The average Bonchev–Trinajstić information content (AvgIpc) is 3.46. The Balaban J connectivity index is 1.60. The number of nitrogens with zero attached hydrogens (tertiary/aromatic N) is 4. The SMILES string of the molecule is CCC(O)c1noc([C@@H]2CC(=NOC)CN2C(=O)c2ccc(-c3ccccc3)cc2)n1. The molecule has 3 aromatic rings. The molecule has 1 amide bonds. The molecule has 8 heteroatoms. The van der Waals surface area contributed by atoms with Gasteiger partial charge in [-0.3, -0.25) is 4.79 Å². The second-order valence-electron chi connectivity index (χ2n) is 7.35. The lowest BCUT2D eigenvalue weighted by Gasteiger charge is -2.21. The van der Waals surface area contributed by atoms with Crippen LogP contribution in [0.25, 0.3) is 11.1 Å². The Bertz CT molecular complexity index is 1060. The number of hydrogen-bond acceptors (Lipinski definition) is 7. The maximum atomic E-state index is 13.3. The Labute approximate surface area is 180 Å². The Kier molecular flexibility index (Phi) is 6.08. The number of aliphatic hydroxyl groups is 1. The lowest BCUT2D eigenvalue weighted by atomic mass is 10.0. The molecule has 31 heavy (non-hydrogen) atoms. The minimum atomic E-state index is -0.805. The molecule has 0 saturated carbocycles. The molecular formula is C23H24N4O4. The molecule has 1 aromatic heterocycles. The monoisotopic (exact) mass is 420 g/mol. The maximum absolute atomic E-state index is 13.3. The standard InChI is InChI=1S/C23H24N4O4/c1-3-20(28)21-24-22(31-26-21)19-13-18(25-30-2)14-27(19)23(29)17-11-9-16(10-12-17)15-7-5-4-6-8-15/h4-12,19-20,28H,3,13-14H2,1-2H3/t19-,20?/m0/s1. The van der Waals surface area contributed by atoms with Gasteiger partial charge in [0.25, 0.3) is 5.91 Å². The highest BCUT2D eigenvalue weighted by Gasteiger charge is 2.38. The van der Waals surface area contributed by atoms with Crippen LogP contribution in [0.3, 0.4) is 0 Å². The summed E-state index contributed by atoms with van der Waals surface area (Å²) in [5.74, 6) is 0.328. The normalized spacial score (nSPS) is 18.4. The first-order valence-electron chi connectivity index (χ1n) is 10.2. The Hall–Kier alpha value is -3.52. The highest BCUT2D eigenvalue weighted by molar-refractivity contribution is 6.00. The van der Waals surface area contributed by atoms with E-state index in [1.165, 1.54) is 7.11 Å². The molecule has 0 radical (unpaired) electrons. The van der Waals surface area contributed by atoms with Crippen LogP contribution in [0.4, 0.5) is 0 Å². The zero-order valence-corrected chi connectivity index (χ0v) is 17.4. The third-order valence-electron chi connectivity index (χ3n) is 5.31. The zero-order chi connectivity index (χ0) is 21.8. The van der Waals surface area contributed by atoms with Crippen LogP contribution in [0.15, 0.2) is 64.3 Å². The molecule has 1 aliphatic rings. The van der Waals surface area contributed by atoms with Gasteiger partial charge in [-0.2, -0.15) is 4.98 Å². The van der Waals surface area contributed by atoms with Gasteiger partial charge in [0.05, 0.1) is 12.3 Å². The molecular weight excluding hydrogens is 396 g/mol. The van der Waals surface area contributed by atoms with Crippen molar-refractivity contribution in [1.82, 2.24) is 15.0 Å². The predicted octanol–water partition coefficient (Wildman–Crippen LogP) is 3.77. The predicted molar refractivity (Wildman–Crippen MR) is 114 cm³/mol. The fourth-order valence-corrected chi connectivity index (χ4v) is 3.64. The van der Waals surface area contributed by atoms with Crippen molar-refractivity contribution in [3.63, 3.8) is 0 Å². The maximum Gasteiger partial charge on any atom is 0.254 e. The Morgan fingerprint density at radius 3 is 2.61 bits per heavy atom. The van der Waals surface area contributed by atoms with Crippen molar-refractivity contribution in [1.29, 1.82) is 0 Å². The van der Waals surface area contributed by atoms with Crippen molar-refractivity contribution in [2.45, 2.75) is 31.9 Å². The first-order chi connectivity index (χ1) is 15.1. The summed E-state index contributed by atoms with van der Waals surface area (Å²) in [6.07, 6.45) is 0.0859. The van der Waals surface area contributed by atoms with Gasteiger partial charge in [-0.05, 0) is 29.7 Å². The number of carbonyl (C=O) groups is 1. The fourth-order valence-electron chi connectivity index (χ4n) is 3.64. The van der Waals surface area contributed by atoms with Crippen LogP contribution in [0.2, 0.25) is 0 Å². The van der Waals surface area contributed by atoms with E-state index in [0.29, 0.717) is 30.7 Å². The van der Waals surface area contributed by atoms with E-state index >= 15 is 0 Å². The summed E-state index contributed by atoms with van der Waals surface area (Å²) in [5, 5.41) is 17.9. The van der Waals surface area contributed by atoms with Crippen LogP contribution >= 0.6 is 0 Å². The van der Waals surface area contributed by atoms with Gasteiger partial charge in [0.1, 0.15) is 19.3 Å². The van der Waals surface area contributed by atoms with Gasteiger partial charge in [0.15, 0.2) is 5.82 Å². The van der Waals surface area contributed by atoms with Crippen LogP contribution in [0.5, 0.6) is 0 Å². The number of carbonyl (C=O) groups excluding carboxylic acids is 1. The summed E-state index contributed by atoms with van der Waals surface area (Å²) in [5.41, 5.74) is 3.38. The molecule has 0 spiro atoms. The number of amides is 1. The number of aliphatic hydroxyl groups excluding tert-OH is 1. The van der Waals surface area contributed by atoms with Crippen LogP contribution in [-0.4, -0.2) is 45.4 Å². The van der Waals surface area contributed by atoms with Gasteiger partial charge in [0, 0.05) is 12.0 Å². The Morgan fingerprint density at radius 1 is 1.23 bits per heavy atom. The number of benzene rings is 2. The Morgan fingerprint density at radius 2 is 1.94 bits per heavy atom. The molecule has 0 aliphatic carbocycles. The van der Waals surface area contributed by atoms with Crippen molar-refractivity contribution >= 4 is 11.6 Å². The van der Waals surface area contributed by atoms with Gasteiger partial charge < -0.3 is 19.4 Å². The summed E-state index contributed by atoms with van der Waals surface area (Å²) in [6.45, 7) is 2.13. The number of likely N-dealkylation sites (tertiary alicyclic amines) is 1. The molecule has 1 saturated heterocycles. The van der Waals surface area contributed by atoms with Crippen molar-refractivity contribution in [3.8, 4) is 11.1 Å². The number of rotatable bonds is 6. The third-order valence-corrected chi connectivity index (χ3v) is 5.31. The average molecular weight is 420 g/mol. The van der Waals surface area contributed by atoms with E-state index in [-0.39, 0.29) is 17.6 Å². The van der Waals surface area contributed by atoms with Crippen molar-refractivity contribution in [2.75, 3.05) is 13.7 Å². The van der Waals surface area contributed by atoms with E-state index in [4.69, 9.17) is 9.36 Å². The van der Waals surface area contributed by atoms with E-state index in [2.05, 4.69) is 15.3 Å². The molecule has 4 rings (SSSR count). The largest absolute Gasteiger partial charge is 0.399 e. The smallest absolute Gasteiger partial charge is 0.254 e. The molecule has 1 unspecified atom stereocenters. The zero-order valence-electron chi connectivity index (χ0n) is 17.4. The minimum absolute atomic E-state index is 0.165. The first-order valence-corrected chi connectivity index (χ1v) is 10.2. The molecule has 2 heterocycles. The topological polar surface area (TPSA) is 101 Å². The van der Waals surface area contributed by atoms with E-state index in [1.54, 1.807) is 4.90 Å². The number of hydrogen-bond donors (Lipinski definition) is 1. The minimum Gasteiger partial charge on any atom is -0.399 e. The molecule has 8 nitrogen and oxygen atoms in total. The molecule has 2 atom stereocenters. The molecule has 1 N–H and O–H groups in total. The fraction of sp³-hybridized carbons (Fsp3) is 0.304. The molecule has 160 valence electrons. The van der Waals surface area contributed by atoms with E-state index in [0.717, 1.165) is 11.1 Å². The van der Waals surface area contributed by atoms with Crippen LogP contribution < -0.4 is 0 Å². The van der Waals surface area contributed by atoms with Gasteiger partial charge in [-0.25, -0.2) is 0 Å². The van der Waals surface area contributed by atoms with Gasteiger partial charge in [-0.1, -0.05) is 59.7 Å². The summed E-state index contributed by atoms with van der Waals surface area (Å²) >= 11 is 0. The quantitative estimate of drug-likeness (QED) is 0.609. The molecule has 1 aliphatic heterocycles. The summed E-state index contributed by atoms with van der Waals surface area (Å²) < 4.78 is 5.38. The third kappa shape index (κ3) is 4.34. The number of oxime groups is 1. The summed E-state index contributed by atoms with van der Waals surface area (Å²) in [4.78, 5) is 24.2. The van der Waals surface area contributed by atoms with Crippen molar-refractivity contribution < 1.29 is 19.3 Å². The van der Waals surface area contributed by atoms with E-state index in [9.17, 15) is 9.90 Å². The highest BCUT2D eigenvalue weighted by Crippen LogP contribution is 2.32. The first kappa shape index (κ1) is 20.7. The van der Waals surface area contributed by atoms with Crippen molar-refractivity contribution in [2.24, 2.45) is 5.16 Å². The molecule has 2 aromatic carbocycles.